The quantitative estimate of drug-likeness (QED) is 0.693. The second-order valence-electron chi connectivity index (χ2n) is 4.38. The summed E-state index contributed by atoms with van der Waals surface area (Å²) in [6, 6.07) is 0. The van der Waals surface area contributed by atoms with E-state index in [9.17, 15) is 13.6 Å². The SMILES string of the molecule is CC(C)C(=O)[C@@]1(C)CC(F)(F)CCO1. The minimum absolute atomic E-state index is 0.0397. The van der Waals surface area contributed by atoms with Crippen LogP contribution in [0, 0.1) is 5.92 Å². The molecule has 1 saturated heterocycles. The maximum atomic E-state index is 13.1. The fraction of sp³-hybridized carbons (Fsp3) is 0.900. The molecule has 4 heteroatoms. The summed E-state index contributed by atoms with van der Waals surface area (Å²) in [5.74, 6) is -3.27. The molecule has 1 heterocycles. The van der Waals surface area contributed by atoms with Crippen LogP contribution in [0.1, 0.15) is 33.6 Å². The van der Waals surface area contributed by atoms with E-state index in [4.69, 9.17) is 4.74 Å². The first-order chi connectivity index (χ1) is 6.27. The minimum Gasteiger partial charge on any atom is -0.367 e. The van der Waals surface area contributed by atoms with Crippen LogP contribution in [0.4, 0.5) is 8.78 Å². The molecule has 0 aromatic heterocycles. The summed E-state index contributed by atoms with van der Waals surface area (Å²) in [6.45, 7) is 4.82. The van der Waals surface area contributed by atoms with Gasteiger partial charge in [-0.05, 0) is 6.92 Å². The van der Waals surface area contributed by atoms with Crippen LogP contribution in [0.3, 0.4) is 0 Å². The Morgan fingerprint density at radius 2 is 2.00 bits per heavy atom. The molecule has 0 radical (unpaired) electrons. The van der Waals surface area contributed by atoms with Gasteiger partial charge in [-0.25, -0.2) is 8.78 Å². The van der Waals surface area contributed by atoms with Gasteiger partial charge in [0.2, 0.25) is 0 Å². The van der Waals surface area contributed by atoms with Gasteiger partial charge in [0.15, 0.2) is 5.78 Å². The van der Waals surface area contributed by atoms with Crippen molar-refractivity contribution < 1.29 is 18.3 Å². The summed E-state index contributed by atoms with van der Waals surface area (Å²) in [4.78, 5) is 11.6. The molecule has 0 amide bonds. The van der Waals surface area contributed by atoms with Gasteiger partial charge in [0.05, 0.1) is 6.61 Å². The first-order valence-corrected chi connectivity index (χ1v) is 4.83. The van der Waals surface area contributed by atoms with Crippen LogP contribution in [0.5, 0.6) is 0 Å². The Hall–Kier alpha value is -0.510. The third kappa shape index (κ3) is 2.29. The first kappa shape index (κ1) is 11.6. The standard InChI is InChI=1S/C10H16F2O2/c1-7(2)8(13)9(3)6-10(11,12)4-5-14-9/h7H,4-6H2,1-3H3/t9-/m1/s1. The number of halogens is 2. The van der Waals surface area contributed by atoms with Crippen molar-refractivity contribution >= 4 is 5.78 Å². The molecule has 2 nitrogen and oxygen atoms in total. The van der Waals surface area contributed by atoms with Gasteiger partial charge in [0.25, 0.3) is 5.92 Å². The monoisotopic (exact) mass is 206 g/mol. The Balaban J connectivity index is 2.79. The van der Waals surface area contributed by atoms with Crippen LogP contribution in [-0.2, 0) is 9.53 Å². The van der Waals surface area contributed by atoms with Crippen molar-refractivity contribution in [3.05, 3.63) is 0 Å². The van der Waals surface area contributed by atoms with Crippen molar-refractivity contribution in [1.82, 2.24) is 0 Å². The lowest BCUT2D eigenvalue weighted by molar-refractivity contribution is -0.185. The number of ketones is 1. The highest BCUT2D eigenvalue weighted by Gasteiger charge is 2.48. The zero-order chi connectivity index (χ0) is 11.0. The van der Waals surface area contributed by atoms with Gasteiger partial charge in [-0.3, -0.25) is 4.79 Å². The van der Waals surface area contributed by atoms with Gasteiger partial charge in [-0.15, -0.1) is 0 Å². The van der Waals surface area contributed by atoms with E-state index in [1.165, 1.54) is 6.92 Å². The molecule has 0 spiro atoms. The number of hydrogen-bond donors (Lipinski definition) is 0. The number of carbonyl (C=O) groups excluding carboxylic acids is 1. The fourth-order valence-electron chi connectivity index (χ4n) is 1.83. The van der Waals surface area contributed by atoms with Crippen LogP contribution in [0.25, 0.3) is 0 Å². The molecular formula is C10H16F2O2. The summed E-state index contributed by atoms with van der Waals surface area (Å²) in [5.41, 5.74) is -1.30. The van der Waals surface area contributed by atoms with Gasteiger partial charge in [0.1, 0.15) is 5.60 Å². The summed E-state index contributed by atoms with van der Waals surface area (Å²) in [6.07, 6.45) is -0.773. The van der Waals surface area contributed by atoms with E-state index in [2.05, 4.69) is 0 Å². The van der Waals surface area contributed by atoms with Crippen molar-refractivity contribution in [2.45, 2.75) is 45.1 Å². The highest BCUT2D eigenvalue weighted by atomic mass is 19.3. The van der Waals surface area contributed by atoms with E-state index in [1.54, 1.807) is 13.8 Å². The molecule has 0 aromatic rings. The molecule has 1 fully saturated rings. The lowest BCUT2D eigenvalue weighted by Gasteiger charge is -2.37. The molecule has 0 unspecified atom stereocenters. The Kier molecular flexibility index (Phi) is 2.95. The zero-order valence-corrected chi connectivity index (χ0v) is 8.77. The van der Waals surface area contributed by atoms with Gasteiger partial charge in [0, 0.05) is 18.8 Å². The lowest BCUT2D eigenvalue weighted by Crippen LogP contribution is -2.49. The topological polar surface area (TPSA) is 26.3 Å². The maximum Gasteiger partial charge on any atom is 0.253 e. The maximum absolute atomic E-state index is 13.1. The molecule has 0 aliphatic carbocycles. The van der Waals surface area contributed by atoms with Gasteiger partial charge in [-0.1, -0.05) is 13.8 Å². The van der Waals surface area contributed by atoms with Gasteiger partial charge in [-0.2, -0.15) is 0 Å². The molecule has 1 rings (SSSR count). The second kappa shape index (κ2) is 3.57. The number of hydrogen-bond acceptors (Lipinski definition) is 2. The predicted octanol–water partition coefficient (Wildman–Crippen LogP) is 2.42. The number of Topliss-reactive ketones (excluding diaryl/α,β-unsaturated/α-hetero) is 1. The molecule has 0 saturated carbocycles. The number of rotatable bonds is 2. The molecular weight excluding hydrogens is 190 g/mol. The molecule has 0 bridgehead atoms. The molecule has 82 valence electrons. The molecule has 14 heavy (non-hydrogen) atoms. The molecule has 1 aliphatic heterocycles. The average molecular weight is 206 g/mol. The lowest BCUT2D eigenvalue weighted by atomic mass is 9.84. The van der Waals surface area contributed by atoms with Crippen molar-refractivity contribution in [1.29, 1.82) is 0 Å². The van der Waals surface area contributed by atoms with E-state index in [-0.39, 0.29) is 24.7 Å². The highest BCUT2D eigenvalue weighted by molar-refractivity contribution is 5.88. The van der Waals surface area contributed by atoms with E-state index < -0.39 is 17.9 Å². The summed E-state index contributed by atoms with van der Waals surface area (Å²) < 4.78 is 31.4. The molecule has 0 N–H and O–H groups in total. The van der Waals surface area contributed by atoms with Crippen molar-refractivity contribution in [3.8, 4) is 0 Å². The van der Waals surface area contributed by atoms with Crippen molar-refractivity contribution in [2.75, 3.05) is 6.61 Å². The highest BCUT2D eigenvalue weighted by Crippen LogP contribution is 2.37. The average Bonchev–Trinajstić information content (AvgIpc) is 2.00. The van der Waals surface area contributed by atoms with Crippen LogP contribution in [0.15, 0.2) is 0 Å². The summed E-state index contributed by atoms with van der Waals surface area (Å²) >= 11 is 0. The van der Waals surface area contributed by atoms with E-state index in [0.717, 1.165) is 0 Å². The van der Waals surface area contributed by atoms with Crippen molar-refractivity contribution in [2.24, 2.45) is 5.92 Å². The van der Waals surface area contributed by atoms with E-state index in [0.29, 0.717) is 0 Å². The van der Waals surface area contributed by atoms with Gasteiger partial charge >= 0.3 is 0 Å². The molecule has 0 aromatic carbocycles. The summed E-state index contributed by atoms with van der Waals surface area (Å²) in [7, 11) is 0. The second-order valence-corrected chi connectivity index (χ2v) is 4.38. The third-order valence-corrected chi connectivity index (χ3v) is 2.53. The Morgan fingerprint density at radius 3 is 2.43 bits per heavy atom. The number of carbonyl (C=O) groups is 1. The van der Waals surface area contributed by atoms with E-state index in [1.807, 2.05) is 0 Å². The minimum atomic E-state index is -2.77. The van der Waals surface area contributed by atoms with Crippen molar-refractivity contribution in [3.63, 3.8) is 0 Å². The normalized spacial score (nSPS) is 31.9. The van der Waals surface area contributed by atoms with Crippen LogP contribution in [0.2, 0.25) is 0 Å². The van der Waals surface area contributed by atoms with Crippen LogP contribution in [-0.4, -0.2) is 23.9 Å². The Bertz CT molecular complexity index is 238. The Labute approximate surface area is 82.6 Å². The fourth-order valence-corrected chi connectivity index (χ4v) is 1.83. The molecule has 1 atom stereocenters. The third-order valence-electron chi connectivity index (χ3n) is 2.53. The molecule has 1 aliphatic rings. The zero-order valence-electron chi connectivity index (χ0n) is 8.77. The Morgan fingerprint density at radius 1 is 1.43 bits per heavy atom. The predicted molar refractivity (Wildman–Crippen MR) is 48.4 cm³/mol. The first-order valence-electron chi connectivity index (χ1n) is 4.83. The van der Waals surface area contributed by atoms with E-state index >= 15 is 0 Å². The van der Waals surface area contributed by atoms with Crippen LogP contribution < -0.4 is 0 Å². The number of ether oxygens (including phenoxy) is 1. The van der Waals surface area contributed by atoms with Gasteiger partial charge < -0.3 is 4.74 Å². The van der Waals surface area contributed by atoms with Crippen LogP contribution >= 0.6 is 0 Å². The number of alkyl halides is 2. The largest absolute Gasteiger partial charge is 0.367 e. The smallest absolute Gasteiger partial charge is 0.253 e. The summed E-state index contributed by atoms with van der Waals surface area (Å²) in [5, 5.41) is 0.